The zero-order valence-corrected chi connectivity index (χ0v) is 23.0. The van der Waals surface area contributed by atoms with Gasteiger partial charge in [0.1, 0.15) is 0 Å². The minimum atomic E-state index is -0.152. The lowest BCUT2D eigenvalue weighted by Crippen LogP contribution is -2.31. The number of rotatable bonds is 6. The van der Waals surface area contributed by atoms with Gasteiger partial charge in [-0.05, 0) is 56.7 Å². The summed E-state index contributed by atoms with van der Waals surface area (Å²) in [7, 11) is 3.08. The average molecular weight is 564 g/mol. The van der Waals surface area contributed by atoms with Crippen molar-refractivity contribution in [1.29, 1.82) is 0 Å². The number of aromatic nitrogens is 1. The van der Waals surface area contributed by atoms with Crippen LogP contribution in [0.25, 0.3) is 22.0 Å². The van der Waals surface area contributed by atoms with Crippen LogP contribution in [0.15, 0.2) is 29.1 Å². The summed E-state index contributed by atoms with van der Waals surface area (Å²) < 4.78 is 23.9. The van der Waals surface area contributed by atoms with E-state index in [1.54, 1.807) is 29.9 Å². The van der Waals surface area contributed by atoms with Crippen LogP contribution in [-0.2, 0) is 6.54 Å². The van der Waals surface area contributed by atoms with E-state index in [2.05, 4.69) is 10.2 Å². The first-order valence-corrected chi connectivity index (χ1v) is 12.3. The fourth-order valence-electron chi connectivity index (χ4n) is 5.53. The molecule has 0 spiro atoms. The monoisotopic (exact) mass is 563 g/mol. The van der Waals surface area contributed by atoms with Gasteiger partial charge in [-0.25, -0.2) is 0 Å². The van der Waals surface area contributed by atoms with Crippen LogP contribution in [0.4, 0.5) is 0 Å². The summed E-state index contributed by atoms with van der Waals surface area (Å²) >= 11 is 0. The Labute approximate surface area is 232 Å². The summed E-state index contributed by atoms with van der Waals surface area (Å²) in [4.78, 5) is 30.1. The molecule has 0 radical (unpaired) electrons. The first-order chi connectivity index (χ1) is 17.6. The van der Waals surface area contributed by atoms with Crippen molar-refractivity contribution in [2.75, 3.05) is 53.7 Å². The molecule has 3 heterocycles. The van der Waals surface area contributed by atoms with Gasteiger partial charge in [-0.1, -0.05) is 0 Å². The van der Waals surface area contributed by atoms with E-state index in [0.29, 0.717) is 62.7 Å². The zero-order chi connectivity index (χ0) is 24.8. The van der Waals surface area contributed by atoms with Crippen LogP contribution in [0, 0.1) is 0 Å². The van der Waals surface area contributed by atoms with Crippen LogP contribution in [0.5, 0.6) is 23.0 Å². The van der Waals surface area contributed by atoms with E-state index in [0.717, 1.165) is 45.6 Å². The van der Waals surface area contributed by atoms with Crippen molar-refractivity contribution in [2.24, 2.45) is 0 Å². The highest BCUT2D eigenvalue weighted by Gasteiger charge is 2.35. The number of nitrogens with one attached hydrogen (secondary N) is 1. The summed E-state index contributed by atoms with van der Waals surface area (Å²) in [6, 6.07) is 6.96. The Bertz CT molecular complexity index is 1430. The fourth-order valence-corrected chi connectivity index (χ4v) is 5.53. The van der Waals surface area contributed by atoms with Crippen LogP contribution >= 0.6 is 24.8 Å². The van der Waals surface area contributed by atoms with Crippen LogP contribution in [0.2, 0.25) is 0 Å². The number of carbonyl (C=O) groups excluding carboxylic acids is 1. The van der Waals surface area contributed by atoms with E-state index in [-0.39, 0.29) is 42.9 Å². The molecule has 0 saturated carbocycles. The molecule has 2 aliphatic heterocycles. The number of fused-ring (bicyclic) bond motifs is 6. The highest BCUT2D eigenvalue weighted by Crippen LogP contribution is 2.46. The molecule has 0 bridgehead atoms. The van der Waals surface area contributed by atoms with Crippen molar-refractivity contribution in [3.8, 4) is 34.3 Å². The summed E-state index contributed by atoms with van der Waals surface area (Å²) in [5.41, 5.74) is 2.20. The molecule has 2 aromatic carbocycles. The van der Waals surface area contributed by atoms with Gasteiger partial charge in [0.15, 0.2) is 28.8 Å². The number of pyridine rings is 1. The van der Waals surface area contributed by atoms with Gasteiger partial charge in [0.2, 0.25) is 6.79 Å². The Kier molecular flexibility index (Phi) is 8.42. The van der Waals surface area contributed by atoms with Gasteiger partial charge in [-0.2, -0.15) is 0 Å². The Morgan fingerprint density at radius 2 is 1.55 bits per heavy atom. The van der Waals surface area contributed by atoms with Gasteiger partial charge in [0.25, 0.3) is 5.56 Å². The number of nitrogens with zero attached hydrogens (tertiary/aromatic N) is 2. The first kappa shape index (κ1) is 28.0. The topological polar surface area (TPSA) is 91.3 Å². The molecule has 0 unspecified atom stereocenters. The number of benzene rings is 2. The number of ketones is 1. The van der Waals surface area contributed by atoms with Crippen LogP contribution in [0.1, 0.15) is 28.8 Å². The van der Waals surface area contributed by atoms with Crippen molar-refractivity contribution < 1.29 is 23.7 Å². The molecule has 3 aliphatic rings. The minimum absolute atomic E-state index is 0. The third kappa shape index (κ3) is 4.58. The third-order valence-electron chi connectivity index (χ3n) is 7.30. The molecule has 1 N–H and O–H groups in total. The van der Waals surface area contributed by atoms with Crippen molar-refractivity contribution in [3.63, 3.8) is 0 Å². The highest BCUT2D eigenvalue weighted by atomic mass is 35.5. The molecular weight excluding hydrogens is 533 g/mol. The lowest BCUT2D eigenvalue weighted by Gasteiger charge is -2.21. The van der Waals surface area contributed by atoms with Crippen molar-refractivity contribution >= 4 is 41.4 Å². The Morgan fingerprint density at radius 1 is 0.868 bits per heavy atom. The predicted molar refractivity (Wildman–Crippen MR) is 149 cm³/mol. The second kappa shape index (κ2) is 11.4. The SMILES string of the molecule is COc1cc2c3c(n(CCCN4CCCNCC4)c(=O)c2cc1OC)-c1cc2c(cc1C3=O)OCO2.Cl.Cl. The molecule has 0 amide bonds. The van der Waals surface area contributed by atoms with Crippen LogP contribution < -0.4 is 29.8 Å². The number of methoxy groups -OCH3 is 2. The third-order valence-corrected chi connectivity index (χ3v) is 7.30. The van der Waals surface area contributed by atoms with Gasteiger partial charge in [-0.15, -0.1) is 24.8 Å². The molecule has 1 saturated heterocycles. The number of hydrogen-bond acceptors (Lipinski definition) is 8. The maximum Gasteiger partial charge on any atom is 0.259 e. The summed E-state index contributed by atoms with van der Waals surface area (Å²) in [5.74, 6) is 1.91. The number of halogens is 2. The van der Waals surface area contributed by atoms with Gasteiger partial charge >= 0.3 is 0 Å². The second-order valence-corrected chi connectivity index (χ2v) is 9.31. The van der Waals surface area contributed by atoms with Crippen LogP contribution in [-0.4, -0.2) is 69.0 Å². The molecule has 3 aromatic rings. The quantitative estimate of drug-likeness (QED) is 0.381. The molecule has 204 valence electrons. The molecule has 6 rings (SSSR count). The van der Waals surface area contributed by atoms with Crippen molar-refractivity contribution in [3.05, 3.63) is 45.7 Å². The lowest BCUT2D eigenvalue weighted by molar-refractivity contribution is 0.104. The summed E-state index contributed by atoms with van der Waals surface area (Å²) in [6.45, 7) is 5.54. The van der Waals surface area contributed by atoms with E-state index < -0.39 is 0 Å². The van der Waals surface area contributed by atoms with Gasteiger partial charge < -0.3 is 33.7 Å². The molecule has 9 nitrogen and oxygen atoms in total. The van der Waals surface area contributed by atoms with E-state index in [1.807, 2.05) is 6.07 Å². The molecule has 1 fully saturated rings. The molecule has 11 heteroatoms. The smallest absolute Gasteiger partial charge is 0.259 e. The minimum Gasteiger partial charge on any atom is -0.493 e. The normalized spacial score (nSPS) is 15.8. The Balaban J connectivity index is 0.00000168. The zero-order valence-electron chi connectivity index (χ0n) is 21.3. The Morgan fingerprint density at radius 3 is 2.26 bits per heavy atom. The largest absolute Gasteiger partial charge is 0.493 e. The van der Waals surface area contributed by atoms with Crippen molar-refractivity contribution in [2.45, 2.75) is 19.4 Å². The van der Waals surface area contributed by atoms with Gasteiger partial charge in [0.05, 0.1) is 30.9 Å². The van der Waals surface area contributed by atoms with E-state index in [1.165, 1.54) is 7.11 Å². The van der Waals surface area contributed by atoms with Crippen LogP contribution in [0.3, 0.4) is 0 Å². The van der Waals surface area contributed by atoms with Crippen molar-refractivity contribution in [1.82, 2.24) is 14.8 Å². The number of hydrogen-bond donors (Lipinski definition) is 1. The molecule has 0 atom stereocenters. The fraction of sp³-hybridized carbons (Fsp3) is 0.407. The molecule has 1 aliphatic carbocycles. The summed E-state index contributed by atoms with van der Waals surface area (Å²) in [6.07, 6.45) is 1.90. The maximum atomic E-state index is 13.9. The van der Waals surface area contributed by atoms with Gasteiger partial charge in [0, 0.05) is 36.1 Å². The predicted octanol–water partition coefficient (Wildman–Crippen LogP) is 3.49. The molecular formula is C27H31Cl2N3O6. The van der Waals surface area contributed by atoms with E-state index >= 15 is 0 Å². The summed E-state index contributed by atoms with van der Waals surface area (Å²) in [5, 5.41) is 4.42. The van der Waals surface area contributed by atoms with Gasteiger partial charge in [-0.3, -0.25) is 9.59 Å². The highest BCUT2D eigenvalue weighted by molar-refractivity contribution is 6.27. The first-order valence-electron chi connectivity index (χ1n) is 12.3. The molecule has 1 aromatic heterocycles. The van der Waals surface area contributed by atoms with E-state index in [9.17, 15) is 9.59 Å². The second-order valence-electron chi connectivity index (χ2n) is 9.31. The average Bonchev–Trinajstić information content (AvgIpc) is 3.35. The van der Waals surface area contributed by atoms with E-state index in [4.69, 9.17) is 18.9 Å². The Hall–Kier alpha value is -2.98. The lowest BCUT2D eigenvalue weighted by atomic mass is 10.0. The maximum absolute atomic E-state index is 13.9. The standard InChI is InChI=1S/C27H29N3O6.2ClH/c1-33-20-11-16-19(14-21(20)34-2)27(32)30(9-4-8-29-7-3-5-28-6-10-29)25-17-12-22-23(36-15-35-22)13-18(17)26(31)24(16)25;;/h11-14,28H,3-10,15H2,1-2H3;2*1H. The number of ether oxygens (including phenoxy) is 4. The number of carbonyl (C=O) groups is 1. The molecule has 38 heavy (non-hydrogen) atoms.